The van der Waals surface area contributed by atoms with Gasteiger partial charge in [-0.25, -0.2) is 4.79 Å². The van der Waals surface area contributed by atoms with E-state index in [-0.39, 0.29) is 12.0 Å². The van der Waals surface area contributed by atoms with Gasteiger partial charge in [-0.15, -0.1) is 6.42 Å². The molecule has 3 heteroatoms. The molecular weight excluding hydrogens is 262 g/mol. The Balaban J connectivity index is 1.79. The smallest absolute Gasteiger partial charge is 0.410 e. The first kappa shape index (κ1) is 13.3. The van der Waals surface area contributed by atoms with Crippen molar-refractivity contribution in [2.24, 2.45) is 0 Å². The summed E-state index contributed by atoms with van der Waals surface area (Å²) in [6, 6.07) is 17.0. The summed E-state index contributed by atoms with van der Waals surface area (Å²) < 4.78 is 5.38. The van der Waals surface area contributed by atoms with Crippen molar-refractivity contribution in [1.29, 1.82) is 0 Å². The standard InChI is InChI=1S/C18H15NO2/c1-2-14-12-19(13-15-8-6-7-11-17(14)15)18(20)21-16-9-4-3-5-10-16/h1,3-11,14H,12-13H2. The molecule has 2 aromatic rings. The number of hydrogen-bond donors (Lipinski definition) is 0. The van der Waals surface area contributed by atoms with Gasteiger partial charge in [-0.05, 0) is 23.3 Å². The van der Waals surface area contributed by atoms with Crippen LogP contribution in [0.4, 0.5) is 4.79 Å². The van der Waals surface area contributed by atoms with Crippen molar-refractivity contribution >= 4 is 6.09 Å². The van der Waals surface area contributed by atoms with Crippen LogP contribution in [0.15, 0.2) is 54.6 Å². The molecule has 1 amide bonds. The van der Waals surface area contributed by atoms with Crippen molar-refractivity contribution in [3.63, 3.8) is 0 Å². The number of ether oxygens (including phenoxy) is 1. The lowest BCUT2D eigenvalue weighted by atomic mass is 9.90. The highest BCUT2D eigenvalue weighted by Crippen LogP contribution is 2.28. The number of amides is 1. The molecule has 104 valence electrons. The highest BCUT2D eigenvalue weighted by Gasteiger charge is 2.27. The molecule has 1 unspecified atom stereocenters. The average molecular weight is 277 g/mol. The van der Waals surface area contributed by atoms with Crippen LogP contribution in [0.2, 0.25) is 0 Å². The van der Waals surface area contributed by atoms with Gasteiger partial charge in [0.25, 0.3) is 0 Å². The van der Waals surface area contributed by atoms with E-state index in [0.717, 1.165) is 11.1 Å². The highest BCUT2D eigenvalue weighted by atomic mass is 16.6. The summed E-state index contributed by atoms with van der Waals surface area (Å²) in [7, 11) is 0. The number of rotatable bonds is 1. The zero-order chi connectivity index (χ0) is 14.7. The highest BCUT2D eigenvalue weighted by molar-refractivity contribution is 5.71. The molecule has 0 aromatic heterocycles. The van der Waals surface area contributed by atoms with E-state index in [4.69, 9.17) is 11.2 Å². The van der Waals surface area contributed by atoms with Crippen molar-refractivity contribution < 1.29 is 9.53 Å². The van der Waals surface area contributed by atoms with Crippen molar-refractivity contribution in [2.45, 2.75) is 12.5 Å². The fourth-order valence-electron chi connectivity index (χ4n) is 2.54. The van der Waals surface area contributed by atoms with E-state index in [1.807, 2.05) is 42.5 Å². The van der Waals surface area contributed by atoms with Crippen LogP contribution in [0.25, 0.3) is 0 Å². The molecule has 3 rings (SSSR count). The summed E-state index contributed by atoms with van der Waals surface area (Å²) in [5.74, 6) is 3.21. The average Bonchev–Trinajstić information content (AvgIpc) is 2.54. The van der Waals surface area contributed by atoms with Crippen molar-refractivity contribution in [2.75, 3.05) is 6.54 Å². The Hall–Kier alpha value is -2.73. The summed E-state index contributed by atoms with van der Waals surface area (Å²) in [4.78, 5) is 13.9. The molecule has 21 heavy (non-hydrogen) atoms. The largest absolute Gasteiger partial charge is 0.415 e. The van der Waals surface area contributed by atoms with Gasteiger partial charge < -0.3 is 9.64 Å². The monoisotopic (exact) mass is 277 g/mol. The summed E-state index contributed by atoms with van der Waals surface area (Å²) in [6.45, 7) is 1.01. The number of terminal acetylenes is 1. The molecule has 1 aliphatic heterocycles. The van der Waals surface area contributed by atoms with Gasteiger partial charge in [-0.1, -0.05) is 48.4 Å². The predicted molar refractivity (Wildman–Crippen MR) is 80.9 cm³/mol. The molecule has 0 saturated heterocycles. The molecule has 2 aromatic carbocycles. The third kappa shape index (κ3) is 2.75. The second-order valence-corrected chi connectivity index (χ2v) is 4.98. The molecule has 0 spiro atoms. The van der Waals surface area contributed by atoms with Gasteiger partial charge in [0.05, 0.1) is 5.92 Å². The number of benzene rings is 2. The van der Waals surface area contributed by atoms with Gasteiger partial charge in [0.15, 0.2) is 0 Å². The summed E-state index contributed by atoms with van der Waals surface area (Å²) in [5, 5.41) is 0. The number of carbonyl (C=O) groups is 1. The van der Waals surface area contributed by atoms with Crippen LogP contribution in [0.5, 0.6) is 5.75 Å². The maximum atomic E-state index is 12.3. The van der Waals surface area contributed by atoms with Gasteiger partial charge in [0.1, 0.15) is 5.75 Å². The quantitative estimate of drug-likeness (QED) is 0.747. The molecule has 0 saturated carbocycles. The Bertz CT molecular complexity index is 688. The Morgan fingerprint density at radius 1 is 1.14 bits per heavy atom. The number of nitrogens with zero attached hydrogens (tertiary/aromatic N) is 1. The van der Waals surface area contributed by atoms with Crippen LogP contribution >= 0.6 is 0 Å². The van der Waals surface area contributed by atoms with Gasteiger partial charge in [-0.3, -0.25) is 0 Å². The van der Waals surface area contributed by atoms with E-state index < -0.39 is 0 Å². The Morgan fingerprint density at radius 2 is 1.86 bits per heavy atom. The number of fused-ring (bicyclic) bond motifs is 1. The lowest BCUT2D eigenvalue weighted by molar-refractivity contribution is 0.145. The van der Waals surface area contributed by atoms with Gasteiger partial charge in [0.2, 0.25) is 0 Å². The third-order valence-corrected chi connectivity index (χ3v) is 3.60. The fourth-order valence-corrected chi connectivity index (χ4v) is 2.54. The number of carbonyl (C=O) groups excluding carboxylic acids is 1. The van der Waals surface area contributed by atoms with Crippen molar-refractivity contribution in [3.05, 3.63) is 65.7 Å². The molecule has 1 heterocycles. The van der Waals surface area contributed by atoms with E-state index in [0.29, 0.717) is 18.8 Å². The first-order valence-corrected chi connectivity index (χ1v) is 6.83. The molecule has 0 fully saturated rings. The van der Waals surface area contributed by atoms with E-state index in [9.17, 15) is 4.79 Å². The Labute approximate surface area is 124 Å². The lowest BCUT2D eigenvalue weighted by Crippen LogP contribution is -2.39. The van der Waals surface area contributed by atoms with E-state index >= 15 is 0 Å². The fraction of sp³-hybridized carbons (Fsp3) is 0.167. The predicted octanol–water partition coefficient (Wildman–Crippen LogP) is 3.42. The van der Waals surface area contributed by atoms with Crippen LogP contribution in [0.1, 0.15) is 17.0 Å². The number of para-hydroxylation sites is 1. The first-order chi connectivity index (χ1) is 10.3. The van der Waals surface area contributed by atoms with E-state index in [2.05, 4.69) is 5.92 Å². The van der Waals surface area contributed by atoms with Gasteiger partial charge in [0, 0.05) is 13.1 Å². The van der Waals surface area contributed by atoms with Crippen molar-refractivity contribution in [1.82, 2.24) is 4.90 Å². The SMILES string of the molecule is C#CC1CN(C(=O)Oc2ccccc2)Cc2ccccc21. The van der Waals surface area contributed by atoms with Gasteiger partial charge in [-0.2, -0.15) is 0 Å². The molecular formula is C18H15NO2. The molecule has 1 aliphatic rings. The lowest BCUT2D eigenvalue weighted by Gasteiger charge is -2.31. The minimum atomic E-state index is -0.365. The van der Waals surface area contributed by atoms with Crippen LogP contribution < -0.4 is 4.74 Å². The van der Waals surface area contributed by atoms with Crippen LogP contribution in [-0.2, 0) is 6.54 Å². The molecule has 1 atom stereocenters. The third-order valence-electron chi connectivity index (χ3n) is 3.60. The van der Waals surface area contributed by atoms with Crippen molar-refractivity contribution in [3.8, 4) is 18.1 Å². The zero-order valence-electron chi connectivity index (χ0n) is 11.5. The minimum absolute atomic E-state index is 0.0849. The first-order valence-electron chi connectivity index (χ1n) is 6.83. The molecule has 0 aliphatic carbocycles. The summed E-state index contributed by atoms with van der Waals surface area (Å²) >= 11 is 0. The second kappa shape index (κ2) is 5.72. The van der Waals surface area contributed by atoms with Crippen LogP contribution in [0.3, 0.4) is 0 Å². The maximum absolute atomic E-state index is 12.3. The normalized spacial score (nSPS) is 16.7. The minimum Gasteiger partial charge on any atom is -0.410 e. The molecule has 0 radical (unpaired) electrons. The van der Waals surface area contributed by atoms with Crippen LogP contribution in [0, 0.1) is 12.3 Å². The number of hydrogen-bond acceptors (Lipinski definition) is 2. The summed E-state index contributed by atoms with van der Waals surface area (Å²) in [5.41, 5.74) is 2.21. The Kier molecular flexibility index (Phi) is 3.61. The summed E-state index contributed by atoms with van der Waals surface area (Å²) in [6.07, 6.45) is 5.24. The van der Waals surface area contributed by atoms with E-state index in [1.165, 1.54) is 0 Å². The Morgan fingerprint density at radius 3 is 2.62 bits per heavy atom. The van der Waals surface area contributed by atoms with Gasteiger partial charge >= 0.3 is 6.09 Å². The topological polar surface area (TPSA) is 29.5 Å². The second-order valence-electron chi connectivity index (χ2n) is 4.98. The maximum Gasteiger partial charge on any atom is 0.415 e. The van der Waals surface area contributed by atoms with E-state index in [1.54, 1.807) is 17.0 Å². The zero-order valence-corrected chi connectivity index (χ0v) is 11.5. The molecule has 0 bridgehead atoms. The molecule has 3 nitrogen and oxygen atoms in total. The molecule has 0 N–H and O–H groups in total. The van der Waals surface area contributed by atoms with Crippen LogP contribution in [-0.4, -0.2) is 17.5 Å².